The van der Waals surface area contributed by atoms with Crippen LogP contribution in [0.3, 0.4) is 0 Å². The number of benzene rings is 1. The summed E-state index contributed by atoms with van der Waals surface area (Å²) in [5, 5.41) is 67.8. The highest BCUT2D eigenvalue weighted by Gasteiger charge is 2.71. The zero-order chi connectivity index (χ0) is 44.6. The van der Waals surface area contributed by atoms with E-state index in [1.807, 2.05) is 30.3 Å². The van der Waals surface area contributed by atoms with Crippen LogP contribution in [0, 0.1) is 52.3 Å². The Morgan fingerprint density at radius 2 is 1.57 bits per heavy atom. The lowest BCUT2D eigenvalue weighted by Gasteiger charge is -2.60. The van der Waals surface area contributed by atoms with Gasteiger partial charge >= 0.3 is 6.09 Å². The average Bonchev–Trinajstić information content (AvgIpc) is 3.71. The van der Waals surface area contributed by atoms with Crippen LogP contribution in [0.5, 0.6) is 0 Å². The molecule has 8 aliphatic rings. The Bertz CT molecular complexity index is 1780. The van der Waals surface area contributed by atoms with E-state index in [4.69, 9.17) is 33.2 Å². The summed E-state index contributed by atoms with van der Waals surface area (Å²) < 4.78 is 42.6. The number of hydrogen-bond donors (Lipinski definition) is 7. The fourth-order valence-electron chi connectivity index (χ4n) is 14.0. The number of hydrogen-bond acceptors (Lipinski definition) is 15. The number of amides is 1. The normalized spacial score (nSPS) is 50.6. The van der Waals surface area contributed by atoms with Gasteiger partial charge in [0.2, 0.25) is 0 Å². The van der Waals surface area contributed by atoms with Crippen LogP contribution in [0.1, 0.15) is 91.0 Å². The zero-order valence-electron chi connectivity index (χ0n) is 36.9. The maximum absolute atomic E-state index is 14.6. The van der Waals surface area contributed by atoms with Crippen LogP contribution in [0.2, 0.25) is 0 Å². The molecular formula is C47H69NO15. The third kappa shape index (κ3) is 8.09. The first-order chi connectivity index (χ1) is 30.1. The first kappa shape index (κ1) is 45.8. The van der Waals surface area contributed by atoms with E-state index >= 15 is 0 Å². The van der Waals surface area contributed by atoms with Crippen molar-refractivity contribution in [2.24, 2.45) is 52.3 Å². The molecule has 7 N–H and O–H groups in total. The Morgan fingerprint density at radius 3 is 2.30 bits per heavy atom. The van der Waals surface area contributed by atoms with Crippen LogP contribution in [-0.2, 0) is 44.5 Å². The van der Waals surface area contributed by atoms with E-state index in [-0.39, 0.29) is 47.3 Å². The first-order valence-electron chi connectivity index (χ1n) is 23.5. The van der Waals surface area contributed by atoms with Crippen LogP contribution in [0.4, 0.5) is 4.79 Å². The van der Waals surface area contributed by atoms with Gasteiger partial charge in [-0.1, -0.05) is 58.0 Å². The molecule has 4 aliphatic carbocycles. The minimum atomic E-state index is -1.81. The topological polar surface area (TPSA) is 232 Å². The molecule has 4 saturated heterocycles. The number of aliphatic hydroxyl groups is 6. The third-order valence-electron chi connectivity index (χ3n) is 17.3. The molecule has 63 heavy (non-hydrogen) atoms. The standard InChI is InChI=1S/C47H69NO15/c1-23-12-15-47(58-21-23)24(2)34-31(63-47)17-29-28-11-10-26-16-27(13-14-45(26,3)35(28)30(50)18-46(29,34)4)59-42-40(55)38(53)41(32(20-49)60-42)62-43-39(54)37(52)36(51)33(61-43)22-57-44(56)48-19-25-8-6-5-7-9-25/h5-9,23-24,26-29,31-43,49,51-55H,10-22H2,1-4H3,(H,48,56)/t23-,24?,26+,27+,28+,29+,31?,32-,33-,34?,35-,36-,37+,38-,39-,40-,41-,42-,43+,45+,46+,47-/m1/s1. The fraction of sp³-hybridized carbons (Fsp3) is 0.830. The number of ether oxygens (including phenoxy) is 7. The summed E-state index contributed by atoms with van der Waals surface area (Å²) in [6, 6.07) is 9.14. The van der Waals surface area contributed by atoms with E-state index in [1.165, 1.54) is 0 Å². The molecule has 22 atom stereocenters. The summed E-state index contributed by atoms with van der Waals surface area (Å²) in [7, 11) is 0. The van der Waals surface area contributed by atoms with E-state index in [2.05, 4.69) is 33.0 Å². The summed E-state index contributed by atoms with van der Waals surface area (Å²) in [5.74, 6) is 1.77. The highest BCUT2D eigenvalue weighted by Crippen LogP contribution is 2.70. The fourth-order valence-corrected chi connectivity index (χ4v) is 14.0. The van der Waals surface area contributed by atoms with E-state index in [0.717, 1.165) is 50.7 Å². The molecule has 1 spiro atoms. The minimum absolute atomic E-state index is 0.0416. The zero-order valence-corrected chi connectivity index (χ0v) is 36.9. The summed E-state index contributed by atoms with van der Waals surface area (Å²) in [6.45, 7) is 8.91. The van der Waals surface area contributed by atoms with Crippen molar-refractivity contribution in [3.05, 3.63) is 35.9 Å². The van der Waals surface area contributed by atoms with Gasteiger partial charge in [-0.2, -0.15) is 0 Å². The maximum Gasteiger partial charge on any atom is 0.407 e. The molecule has 352 valence electrons. The second-order valence-electron chi connectivity index (χ2n) is 20.9. The van der Waals surface area contributed by atoms with Crippen molar-refractivity contribution in [2.75, 3.05) is 19.8 Å². The van der Waals surface area contributed by atoms with Gasteiger partial charge in [0.1, 0.15) is 61.2 Å². The summed E-state index contributed by atoms with van der Waals surface area (Å²) in [5.41, 5.74) is 0.503. The first-order valence-corrected chi connectivity index (χ1v) is 23.5. The molecule has 4 heterocycles. The number of carbonyl (C=O) groups is 2. The number of rotatable bonds is 9. The molecule has 9 rings (SSSR count). The van der Waals surface area contributed by atoms with Crippen molar-refractivity contribution in [3.63, 3.8) is 0 Å². The van der Waals surface area contributed by atoms with Crippen LogP contribution in [-0.4, -0.2) is 142 Å². The largest absolute Gasteiger partial charge is 0.447 e. The van der Waals surface area contributed by atoms with Crippen molar-refractivity contribution >= 4 is 11.9 Å². The molecule has 0 radical (unpaired) electrons. The molecule has 1 amide bonds. The highest BCUT2D eigenvalue weighted by atomic mass is 16.7. The monoisotopic (exact) mass is 887 g/mol. The van der Waals surface area contributed by atoms with Crippen LogP contribution in [0.25, 0.3) is 0 Å². The number of carbonyl (C=O) groups excluding carboxylic acids is 2. The molecule has 1 aromatic rings. The van der Waals surface area contributed by atoms with Gasteiger partial charge in [-0.25, -0.2) is 4.79 Å². The molecule has 4 aliphatic heterocycles. The number of alkyl carbamates (subject to hydrolysis) is 1. The van der Waals surface area contributed by atoms with E-state index in [9.17, 15) is 40.2 Å². The van der Waals surface area contributed by atoms with E-state index in [1.54, 1.807) is 0 Å². The van der Waals surface area contributed by atoms with E-state index in [0.29, 0.717) is 48.7 Å². The third-order valence-corrected chi connectivity index (χ3v) is 17.3. The molecule has 0 aromatic heterocycles. The Hall–Kier alpha value is -2.32. The molecule has 4 saturated carbocycles. The number of ketones is 1. The molecule has 8 fully saturated rings. The number of aliphatic hydroxyl groups excluding tert-OH is 6. The number of fused-ring (bicyclic) bond motifs is 7. The van der Waals surface area contributed by atoms with Crippen molar-refractivity contribution in [2.45, 2.75) is 171 Å². The maximum atomic E-state index is 14.6. The number of nitrogens with one attached hydrogen (secondary N) is 1. The molecule has 16 heteroatoms. The van der Waals surface area contributed by atoms with Crippen LogP contribution < -0.4 is 5.32 Å². The molecule has 1 aromatic carbocycles. The lowest BCUT2D eigenvalue weighted by molar-refractivity contribution is -0.364. The smallest absolute Gasteiger partial charge is 0.407 e. The minimum Gasteiger partial charge on any atom is -0.447 e. The number of Topliss-reactive ketones (excluding diaryl/α,β-unsaturated/α-hetero) is 1. The van der Waals surface area contributed by atoms with E-state index < -0.39 is 86.5 Å². The van der Waals surface area contributed by atoms with Gasteiger partial charge in [0.15, 0.2) is 18.4 Å². The van der Waals surface area contributed by atoms with Gasteiger partial charge in [0, 0.05) is 31.2 Å². The summed E-state index contributed by atoms with van der Waals surface area (Å²) in [4.78, 5) is 27.0. The lowest BCUT2D eigenvalue weighted by Crippen LogP contribution is -2.65. The SMILES string of the molecule is CC1C2C(C[C@H]3[C@@H]4CC[C@H]5C[C@@H](O[C@@H]6O[C@H](CO)[C@@H](O[C@@H]7O[C@H](COC(=O)NCc8ccccc8)[C@@H](O)[C@H](O)[C@H]7O)[C@H](O)[C@H]6O)CC[C@]5(C)[C@H]4C(=O)C[C@]23C)O[C@]12CC[C@@H](C)CO2. The van der Waals surface area contributed by atoms with Crippen molar-refractivity contribution in [1.29, 1.82) is 0 Å². The molecular weight excluding hydrogens is 819 g/mol. The predicted octanol–water partition coefficient (Wildman–Crippen LogP) is 2.56. The Labute approximate surface area is 369 Å². The molecule has 0 bridgehead atoms. The van der Waals surface area contributed by atoms with Crippen LogP contribution >= 0.6 is 0 Å². The van der Waals surface area contributed by atoms with Gasteiger partial charge in [-0.05, 0) is 90.9 Å². The van der Waals surface area contributed by atoms with Crippen LogP contribution in [0.15, 0.2) is 30.3 Å². The van der Waals surface area contributed by atoms with Gasteiger partial charge in [0.25, 0.3) is 0 Å². The lowest BCUT2D eigenvalue weighted by atomic mass is 9.44. The quantitative estimate of drug-likeness (QED) is 0.177. The van der Waals surface area contributed by atoms with Crippen molar-refractivity contribution in [3.8, 4) is 0 Å². The van der Waals surface area contributed by atoms with Crippen molar-refractivity contribution < 1.29 is 73.4 Å². The Balaban J connectivity index is 0.798. The van der Waals surface area contributed by atoms with Gasteiger partial charge in [-0.15, -0.1) is 0 Å². The second-order valence-corrected chi connectivity index (χ2v) is 20.9. The second kappa shape index (κ2) is 17.7. The van der Waals surface area contributed by atoms with Gasteiger partial charge in [0.05, 0.1) is 25.4 Å². The van der Waals surface area contributed by atoms with Gasteiger partial charge < -0.3 is 69.1 Å². The predicted molar refractivity (Wildman–Crippen MR) is 221 cm³/mol. The van der Waals surface area contributed by atoms with Crippen molar-refractivity contribution in [1.82, 2.24) is 5.32 Å². The summed E-state index contributed by atoms with van der Waals surface area (Å²) >= 11 is 0. The molecule has 3 unspecified atom stereocenters. The Morgan fingerprint density at radius 1 is 0.841 bits per heavy atom. The molecule has 16 nitrogen and oxygen atoms in total. The summed E-state index contributed by atoms with van der Waals surface area (Å²) in [6.07, 6.45) is -9.15. The highest BCUT2D eigenvalue weighted by molar-refractivity contribution is 5.84. The van der Waals surface area contributed by atoms with Gasteiger partial charge in [-0.3, -0.25) is 4.79 Å². The Kier molecular flexibility index (Phi) is 12.9. The average molecular weight is 888 g/mol.